The first-order chi connectivity index (χ1) is 13.2. The molecule has 0 aliphatic carbocycles. The Morgan fingerprint density at radius 2 is 2.00 bits per heavy atom. The van der Waals surface area contributed by atoms with Gasteiger partial charge in [-0.05, 0) is 51.2 Å². The Hall–Kier alpha value is -1.60. The number of halogens is 3. The number of hydrogen-bond donors (Lipinski definition) is 1. The molecule has 0 radical (unpaired) electrons. The fraction of sp³-hybridized carbons (Fsp3) is 0.667. The molecule has 2 aliphatic rings. The average Bonchev–Trinajstić information content (AvgIpc) is 2.67. The summed E-state index contributed by atoms with van der Waals surface area (Å²) in [5.74, 6) is 0.0903. The second-order valence-corrected chi connectivity index (χ2v) is 8.17. The Kier molecular flexibility index (Phi) is 6.34. The lowest BCUT2D eigenvalue weighted by molar-refractivity contribution is -0.138. The topological polar surface area (TPSA) is 41.6 Å². The van der Waals surface area contributed by atoms with Crippen molar-refractivity contribution >= 4 is 5.91 Å². The van der Waals surface area contributed by atoms with Gasteiger partial charge in [-0.3, -0.25) is 4.79 Å². The minimum atomic E-state index is -4.37. The van der Waals surface area contributed by atoms with Crippen LogP contribution in [0.4, 0.5) is 13.2 Å². The first-order valence-corrected chi connectivity index (χ1v) is 10.0. The minimum absolute atomic E-state index is 0.0903. The van der Waals surface area contributed by atoms with E-state index in [-0.39, 0.29) is 18.0 Å². The molecule has 156 valence electrons. The number of ether oxygens (including phenoxy) is 1. The van der Waals surface area contributed by atoms with Crippen molar-refractivity contribution in [3.05, 3.63) is 35.4 Å². The highest BCUT2D eigenvalue weighted by molar-refractivity contribution is 5.82. The molecule has 4 nitrogen and oxygen atoms in total. The molecule has 1 N–H and O–H groups in total. The van der Waals surface area contributed by atoms with Gasteiger partial charge in [0.15, 0.2) is 0 Å². The van der Waals surface area contributed by atoms with E-state index in [4.69, 9.17) is 4.74 Å². The number of carbonyl (C=O) groups excluding carboxylic acids is 1. The van der Waals surface area contributed by atoms with Crippen molar-refractivity contribution in [2.75, 3.05) is 26.3 Å². The van der Waals surface area contributed by atoms with Gasteiger partial charge in [0.1, 0.15) is 0 Å². The van der Waals surface area contributed by atoms with Crippen molar-refractivity contribution in [1.29, 1.82) is 0 Å². The molecule has 0 bridgehead atoms. The van der Waals surface area contributed by atoms with E-state index < -0.39 is 17.2 Å². The molecule has 2 aliphatic heterocycles. The highest BCUT2D eigenvalue weighted by Gasteiger charge is 2.39. The fourth-order valence-electron chi connectivity index (χ4n) is 4.28. The zero-order chi connectivity index (χ0) is 20.4. The molecule has 0 saturated carbocycles. The van der Waals surface area contributed by atoms with Crippen LogP contribution in [0.2, 0.25) is 0 Å². The SMILES string of the molecule is CC(C)N1CCCC(NCC2(c3cccc(C(F)(F)F)c3)CCOCC2)C1=O. The standard InChI is InChI=1S/C21H29F3N2O2/c1-15(2)26-10-4-7-18(19(26)27)25-14-20(8-11-28-12-9-20)16-5-3-6-17(13-16)21(22,23)24/h3,5-6,13,15,18,25H,4,7-12,14H2,1-2H3. The predicted octanol–water partition coefficient (Wildman–Crippen LogP) is 3.74. The quantitative estimate of drug-likeness (QED) is 0.822. The maximum absolute atomic E-state index is 13.2. The smallest absolute Gasteiger partial charge is 0.381 e. The van der Waals surface area contributed by atoms with E-state index in [9.17, 15) is 18.0 Å². The molecule has 28 heavy (non-hydrogen) atoms. The normalized spacial score (nSPS) is 23.3. The summed E-state index contributed by atoms with van der Waals surface area (Å²) >= 11 is 0. The molecule has 3 rings (SSSR count). The summed E-state index contributed by atoms with van der Waals surface area (Å²) in [7, 11) is 0. The van der Waals surface area contributed by atoms with Crippen LogP contribution in [0, 0.1) is 0 Å². The van der Waals surface area contributed by atoms with Gasteiger partial charge < -0.3 is 15.0 Å². The maximum Gasteiger partial charge on any atom is 0.416 e. The number of amides is 1. The van der Waals surface area contributed by atoms with Crippen LogP contribution < -0.4 is 5.32 Å². The van der Waals surface area contributed by atoms with Gasteiger partial charge in [-0.15, -0.1) is 0 Å². The van der Waals surface area contributed by atoms with Crippen LogP contribution in [0.3, 0.4) is 0 Å². The van der Waals surface area contributed by atoms with Gasteiger partial charge >= 0.3 is 6.18 Å². The Morgan fingerprint density at radius 3 is 2.64 bits per heavy atom. The number of alkyl halides is 3. The van der Waals surface area contributed by atoms with E-state index in [2.05, 4.69) is 5.32 Å². The number of rotatable bonds is 5. The highest BCUT2D eigenvalue weighted by atomic mass is 19.4. The first kappa shape index (κ1) is 21.1. The van der Waals surface area contributed by atoms with E-state index in [1.54, 1.807) is 6.07 Å². The Balaban J connectivity index is 1.80. The van der Waals surface area contributed by atoms with Crippen LogP contribution in [-0.2, 0) is 21.1 Å². The van der Waals surface area contributed by atoms with Crippen molar-refractivity contribution < 1.29 is 22.7 Å². The third-order valence-electron chi connectivity index (χ3n) is 6.04. The van der Waals surface area contributed by atoms with Crippen LogP contribution in [0.1, 0.15) is 50.7 Å². The van der Waals surface area contributed by atoms with Crippen LogP contribution in [0.25, 0.3) is 0 Å². The number of nitrogens with zero attached hydrogens (tertiary/aromatic N) is 1. The Morgan fingerprint density at radius 1 is 1.29 bits per heavy atom. The number of benzene rings is 1. The van der Waals surface area contributed by atoms with Gasteiger partial charge in [0.25, 0.3) is 0 Å². The lowest BCUT2D eigenvalue weighted by atomic mass is 9.73. The van der Waals surface area contributed by atoms with E-state index in [1.807, 2.05) is 18.7 Å². The third-order valence-corrected chi connectivity index (χ3v) is 6.04. The molecule has 2 saturated heterocycles. The summed E-state index contributed by atoms with van der Waals surface area (Å²) in [5.41, 5.74) is -0.419. The summed E-state index contributed by atoms with van der Waals surface area (Å²) in [5, 5.41) is 3.40. The van der Waals surface area contributed by atoms with E-state index in [0.29, 0.717) is 38.2 Å². The van der Waals surface area contributed by atoms with E-state index >= 15 is 0 Å². The van der Waals surface area contributed by atoms with Gasteiger partial charge in [0.2, 0.25) is 5.91 Å². The predicted molar refractivity (Wildman–Crippen MR) is 101 cm³/mol. The molecule has 0 spiro atoms. The summed E-state index contributed by atoms with van der Waals surface area (Å²) in [4.78, 5) is 14.6. The van der Waals surface area contributed by atoms with Gasteiger partial charge in [-0.1, -0.05) is 18.2 Å². The van der Waals surface area contributed by atoms with Crippen LogP contribution in [0.5, 0.6) is 0 Å². The van der Waals surface area contributed by atoms with Crippen molar-refractivity contribution in [2.45, 2.75) is 63.2 Å². The van der Waals surface area contributed by atoms with E-state index in [1.165, 1.54) is 12.1 Å². The number of nitrogens with one attached hydrogen (secondary N) is 1. The molecule has 1 amide bonds. The van der Waals surface area contributed by atoms with Crippen LogP contribution in [-0.4, -0.2) is 49.2 Å². The molecule has 0 aromatic heterocycles. The number of likely N-dealkylation sites (tertiary alicyclic amines) is 1. The number of carbonyl (C=O) groups is 1. The van der Waals surface area contributed by atoms with Crippen molar-refractivity contribution in [3.63, 3.8) is 0 Å². The number of hydrogen-bond acceptors (Lipinski definition) is 3. The van der Waals surface area contributed by atoms with Gasteiger partial charge in [0, 0.05) is 37.8 Å². The molecule has 2 fully saturated rings. The van der Waals surface area contributed by atoms with Crippen molar-refractivity contribution in [2.24, 2.45) is 0 Å². The molecule has 1 atom stereocenters. The van der Waals surface area contributed by atoms with Crippen molar-refractivity contribution in [1.82, 2.24) is 10.2 Å². The molecule has 1 aromatic carbocycles. The van der Waals surface area contributed by atoms with Crippen LogP contribution in [0.15, 0.2) is 24.3 Å². The van der Waals surface area contributed by atoms with Gasteiger partial charge in [0.05, 0.1) is 11.6 Å². The monoisotopic (exact) mass is 398 g/mol. The third kappa shape index (κ3) is 4.51. The lowest BCUT2D eigenvalue weighted by Crippen LogP contribution is -2.55. The maximum atomic E-state index is 13.2. The molecular weight excluding hydrogens is 369 g/mol. The van der Waals surface area contributed by atoms with Crippen LogP contribution >= 0.6 is 0 Å². The molecule has 7 heteroatoms. The highest BCUT2D eigenvalue weighted by Crippen LogP contribution is 2.38. The average molecular weight is 398 g/mol. The lowest BCUT2D eigenvalue weighted by Gasteiger charge is -2.41. The summed E-state index contributed by atoms with van der Waals surface area (Å²) in [6, 6.07) is 5.48. The Bertz CT molecular complexity index is 684. The Labute approximate surface area is 164 Å². The minimum Gasteiger partial charge on any atom is -0.381 e. The van der Waals surface area contributed by atoms with E-state index in [0.717, 1.165) is 25.5 Å². The van der Waals surface area contributed by atoms with Gasteiger partial charge in [-0.2, -0.15) is 13.2 Å². The summed E-state index contributed by atoms with van der Waals surface area (Å²) < 4.78 is 45.1. The second kappa shape index (κ2) is 8.41. The van der Waals surface area contributed by atoms with Gasteiger partial charge in [-0.25, -0.2) is 0 Å². The molecule has 1 unspecified atom stereocenters. The summed E-state index contributed by atoms with van der Waals surface area (Å²) in [6.07, 6.45) is -1.41. The molecule has 2 heterocycles. The number of piperidine rings is 1. The molecular formula is C21H29F3N2O2. The zero-order valence-electron chi connectivity index (χ0n) is 16.5. The van der Waals surface area contributed by atoms with Crippen molar-refractivity contribution in [3.8, 4) is 0 Å². The summed E-state index contributed by atoms with van der Waals surface area (Å²) in [6.45, 7) is 6.26. The first-order valence-electron chi connectivity index (χ1n) is 10.0. The fourth-order valence-corrected chi connectivity index (χ4v) is 4.28. The molecule has 1 aromatic rings. The second-order valence-electron chi connectivity index (χ2n) is 8.17. The zero-order valence-corrected chi connectivity index (χ0v) is 16.5. The largest absolute Gasteiger partial charge is 0.416 e.